The van der Waals surface area contributed by atoms with E-state index in [0.29, 0.717) is 0 Å². The Morgan fingerprint density at radius 2 is 1.79 bits per heavy atom. The van der Waals surface area contributed by atoms with Crippen LogP contribution in [0.3, 0.4) is 0 Å². The standard InChI is InChI=1S/C15H14FN.C8H12N2.CH4O/c16-14-5-1-3-11(10-14)12-6-7-15-13(9-12)4-2-8-17-15;1-2-9-7-8-3-5-10-6-4-8;1-2/h1,3,5-7,9-10,17H,2,4,8H2;3-6,9H,2,7H2,1H3;2H,1H3. The first-order valence-corrected chi connectivity index (χ1v) is 9.93. The number of nitrogens with zero attached hydrogens (tertiary/aromatic N) is 1. The molecule has 1 aliphatic heterocycles. The van der Waals surface area contributed by atoms with Crippen molar-refractivity contribution in [1.82, 2.24) is 10.3 Å². The molecule has 0 fully saturated rings. The first kappa shape index (κ1) is 22.5. The summed E-state index contributed by atoms with van der Waals surface area (Å²) >= 11 is 0. The molecule has 0 aliphatic carbocycles. The van der Waals surface area contributed by atoms with E-state index >= 15 is 0 Å². The van der Waals surface area contributed by atoms with Gasteiger partial charge < -0.3 is 15.7 Å². The van der Waals surface area contributed by atoms with Gasteiger partial charge in [0.05, 0.1) is 0 Å². The summed E-state index contributed by atoms with van der Waals surface area (Å²) in [6.45, 7) is 5.11. The lowest BCUT2D eigenvalue weighted by molar-refractivity contribution is 0.399. The average Bonchev–Trinajstić information content (AvgIpc) is 2.80. The molecule has 1 aromatic heterocycles. The summed E-state index contributed by atoms with van der Waals surface area (Å²) in [5, 5.41) is 13.6. The number of aliphatic hydroxyl groups excluding tert-OH is 1. The van der Waals surface area contributed by atoms with Crippen molar-refractivity contribution in [2.75, 3.05) is 25.5 Å². The smallest absolute Gasteiger partial charge is 0.123 e. The second-order valence-corrected chi connectivity index (χ2v) is 6.55. The highest BCUT2D eigenvalue weighted by molar-refractivity contribution is 5.69. The van der Waals surface area contributed by atoms with Gasteiger partial charge in [0.2, 0.25) is 0 Å². The number of halogens is 1. The van der Waals surface area contributed by atoms with Gasteiger partial charge in [0, 0.05) is 38.3 Å². The van der Waals surface area contributed by atoms with Gasteiger partial charge in [-0.3, -0.25) is 4.98 Å². The highest BCUT2D eigenvalue weighted by Crippen LogP contribution is 2.28. The zero-order chi connectivity index (χ0) is 20.9. The fourth-order valence-electron chi connectivity index (χ4n) is 3.09. The Labute approximate surface area is 172 Å². The average molecular weight is 396 g/mol. The first-order valence-electron chi connectivity index (χ1n) is 9.93. The van der Waals surface area contributed by atoms with Gasteiger partial charge in [-0.2, -0.15) is 0 Å². The summed E-state index contributed by atoms with van der Waals surface area (Å²) in [4.78, 5) is 3.93. The number of fused-ring (bicyclic) bond motifs is 1. The summed E-state index contributed by atoms with van der Waals surface area (Å²) in [7, 11) is 1.00. The molecule has 0 bridgehead atoms. The van der Waals surface area contributed by atoms with Crippen LogP contribution in [0.15, 0.2) is 67.0 Å². The van der Waals surface area contributed by atoms with Crippen molar-refractivity contribution in [3.63, 3.8) is 0 Å². The number of hydrogen-bond acceptors (Lipinski definition) is 4. The molecule has 3 N–H and O–H groups in total. The minimum atomic E-state index is -0.182. The molecule has 1 aliphatic rings. The van der Waals surface area contributed by atoms with E-state index in [1.165, 1.54) is 29.3 Å². The summed E-state index contributed by atoms with van der Waals surface area (Å²) in [5.41, 5.74) is 5.87. The molecule has 0 radical (unpaired) electrons. The minimum Gasteiger partial charge on any atom is -0.400 e. The number of hydrogen-bond donors (Lipinski definition) is 3. The van der Waals surface area contributed by atoms with Gasteiger partial charge in [-0.25, -0.2) is 4.39 Å². The molecule has 2 aromatic carbocycles. The number of aromatic nitrogens is 1. The summed E-state index contributed by atoms with van der Waals surface area (Å²) in [5.74, 6) is -0.182. The Hall–Kier alpha value is -2.76. The zero-order valence-electron chi connectivity index (χ0n) is 17.2. The van der Waals surface area contributed by atoms with Crippen molar-refractivity contribution in [3.05, 3.63) is 83.9 Å². The van der Waals surface area contributed by atoms with E-state index in [-0.39, 0.29) is 5.82 Å². The van der Waals surface area contributed by atoms with E-state index in [4.69, 9.17) is 5.11 Å². The van der Waals surface area contributed by atoms with Gasteiger partial charge in [0.1, 0.15) is 5.82 Å². The van der Waals surface area contributed by atoms with Crippen LogP contribution in [0.1, 0.15) is 24.5 Å². The van der Waals surface area contributed by atoms with Crippen LogP contribution in [0.25, 0.3) is 11.1 Å². The Morgan fingerprint density at radius 1 is 1.03 bits per heavy atom. The van der Waals surface area contributed by atoms with Gasteiger partial charge >= 0.3 is 0 Å². The number of rotatable bonds is 4. The third-order valence-electron chi connectivity index (χ3n) is 4.53. The lowest BCUT2D eigenvalue weighted by atomic mass is 9.97. The van der Waals surface area contributed by atoms with Crippen LogP contribution in [-0.4, -0.2) is 30.3 Å². The molecule has 0 saturated carbocycles. The van der Waals surface area contributed by atoms with Crippen molar-refractivity contribution < 1.29 is 9.50 Å². The Morgan fingerprint density at radius 3 is 2.52 bits per heavy atom. The quantitative estimate of drug-likeness (QED) is 0.602. The number of aliphatic hydroxyl groups is 1. The molecule has 0 spiro atoms. The van der Waals surface area contributed by atoms with Gasteiger partial charge in [-0.15, -0.1) is 0 Å². The van der Waals surface area contributed by atoms with Gasteiger partial charge in [-0.05, 0) is 78.0 Å². The maximum atomic E-state index is 13.2. The first-order chi connectivity index (χ1) is 14.3. The second-order valence-electron chi connectivity index (χ2n) is 6.55. The molecule has 4 nitrogen and oxygen atoms in total. The van der Waals surface area contributed by atoms with Crippen molar-refractivity contribution >= 4 is 5.69 Å². The molecule has 3 aromatic rings. The monoisotopic (exact) mass is 395 g/mol. The van der Waals surface area contributed by atoms with Gasteiger partial charge in [-0.1, -0.05) is 25.1 Å². The van der Waals surface area contributed by atoms with Gasteiger partial charge in [0.15, 0.2) is 0 Å². The van der Waals surface area contributed by atoms with E-state index in [9.17, 15) is 4.39 Å². The van der Waals surface area contributed by atoms with E-state index in [2.05, 4.69) is 34.7 Å². The number of nitrogens with one attached hydrogen (secondary N) is 2. The van der Waals surface area contributed by atoms with Gasteiger partial charge in [0.25, 0.3) is 0 Å². The van der Waals surface area contributed by atoms with Crippen LogP contribution in [0.2, 0.25) is 0 Å². The largest absolute Gasteiger partial charge is 0.400 e. The normalized spacial score (nSPS) is 11.7. The lowest BCUT2D eigenvalue weighted by Gasteiger charge is -2.18. The molecule has 0 unspecified atom stereocenters. The molecular weight excluding hydrogens is 365 g/mol. The molecular formula is C24H30FN3O. The van der Waals surface area contributed by atoms with E-state index in [1.54, 1.807) is 12.1 Å². The van der Waals surface area contributed by atoms with Crippen LogP contribution in [0, 0.1) is 5.82 Å². The number of aryl methyl sites for hydroxylation is 1. The molecule has 5 heteroatoms. The highest BCUT2D eigenvalue weighted by Gasteiger charge is 2.09. The number of pyridine rings is 1. The number of anilines is 1. The van der Waals surface area contributed by atoms with Crippen LogP contribution >= 0.6 is 0 Å². The van der Waals surface area contributed by atoms with Crippen LogP contribution in [-0.2, 0) is 13.0 Å². The Balaban J connectivity index is 0.000000215. The van der Waals surface area contributed by atoms with Crippen molar-refractivity contribution in [3.8, 4) is 11.1 Å². The predicted molar refractivity (Wildman–Crippen MR) is 118 cm³/mol. The molecule has 4 rings (SSSR count). The summed E-state index contributed by atoms with van der Waals surface area (Å²) in [6.07, 6.45) is 5.89. The van der Waals surface area contributed by atoms with Crippen molar-refractivity contribution in [2.24, 2.45) is 0 Å². The SMILES string of the molecule is CCNCc1ccncc1.CO.Fc1cccc(-c2ccc3c(c2)CCCN3)c1. The fraction of sp³-hybridized carbons (Fsp3) is 0.292. The third-order valence-corrected chi connectivity index (χ3v) is 4.53. The zero-order valence-corrected chi connectivity index (χ0v) is 17.2. The van der Waals surface area contributed by atoms with Crippen molar-refractivity contribution in [1.29, 1.82) is 0 Å². The van der Waals surface area contributed by atoms with Crippen LogP contribution < -0.4 is 10.6 Å². The van der Waals surface area contributed by atoms with E-state index < -0.39 is 0 Å². The molecule has 0 atom stereocenters. The molecule has 2 heterocycles. The summed E-state index contributed by atoms with van der Waals surface area (Å²) in [6, 6.07) is 17.1. The van der Waals surface area contributed by atoms with Crippen LogP contribution in [0.5, 0.6) is 0 Å². The van der Waals surface area contributed by atoms with E-state index in [0.717, 1.165) is 44.3 Å². The Bertz CT molecular complexity index is 856. The van der Waals surface area contributed by atoms with Crippen LogP contribution in [0.4, 0.5) is 10.1 Å². The molecule has 0 amide bonds. The third kappa shape index (κ3) is 7.29. The number of benzene rings is 2. The van der Waals surface area contributed by atoms with E-state index in [1.807, 2.05) is 36.7 Å². The summed E-state index contributed by atoms with van der Waals surface area (Å²) < 4.78 is 13.2. The highest BCUT2D eigenvalue weighted by atomic mass is 19.1. The molecule has 29 heavy (non-hydrogen) atoms. The predicted octanol–water partition coefficient (Wildman–Crippen LogP) is 4.65. The molecule has 154 valence electrons. The fourth-order valence-corrected chi connectivity index (χ4v) is 3.09. The maximum Gasteiger partial charge on any atom is 0.123 e. The second kappa shape index (κ2) is 12.6. The minimum absolute atomic E-state index is 0.182. The Kier molecular flexibility index (Phi) is 9.83. The molecule has 0 saturated heterocycles. The topological polar surface area (TPSA) is 57.2 Å². The lowest BCUT2D eigenvalue weighted by Crippen LogP contribution is -2.11. The maximum absolute atomic E-state index is 13.2. The van der Waals surface area contributed by atoms with Crippen molar-refractivity contribution in [2.45, 2.75) is 26.3 Å².